The van der Waals surface area contributed by atoms with Gasteiger partial charge in [-0.25, -0.2) is 4.79 Å². The number of nitrogens with zero attached hydrogens (tertiary/aromatic N) is 6. The molecule has 2 aromatic carbocycles. The molecule has 14 nitrogen and oxygen atoms in total. The number of likely N-dealkylation sites (tertiary alicyclic amines) is 1. The Morgan fingerprint density at radius 3 is 2.28 bits per heavy atom. The molecule has 0 saturated carbocycles. The van der Waals surface area contributed by atoms with Crippen molar-refractivity contribution >= 4 is 69.1 Å². The summed E-state index contributed by atoms with van der Waals surface area (Å²) < 4.78 is 62.1. The second-order valence-electron chi connectivity index (χ2n) is 20.0. The molecule has 3 aliphatic heterocycles. The number of amides is 1. The van der Waals surface area contributed by atoms with E-state index < -0.39 is 52.4 Å². The number of nitriles is 1. The van der Waals surface area contributed by atoms with E-state index >= 15 is 8.78 Å². The van der Waals surface area contributed by atoms with E-state index in [9.17, 15) is 19.6 Å². The molecule has 3 aliphatic rings. The number of carbonyl (C=O) groups is 3. The Morgan fingerprint density at radius 2 is 1.63 bits per heavy atom. The van der Waals surface area contributed by atoms with Gasteiger partial charge in [0.1, 0.15) is 11.2 Å². The number of thiophene rings is 1. The van der Waals surface area contributed by atoms with Crippen LogP contribution in [0.3, 0.4) is 0 Å². The first-order valence-corrected chi connectivity index (χ1v) is 25.9. The number of benzene rings is 2. The molecule has 0 spiro atoms. The monoisotopic (exact) mass is 1150 g/mol. The second kappa shape index (κ2) is 20.4. The Balaban J connectivity index is 1.20. The summed E-state index contributed by atoms with van der Waals surface area (Å²) in [4.78, 5) is 54.2. The van der Waals surface area contributed by atoms with Gasteiger partial charge in [-0.3, -0.25) is 14.6 Å². The van der Waals surface area contributed by atoms with Crippen LogP contribution in [0.4, 0.5) is 24.2 Å². The van der Waals surface area contributed by atoms with Crippen molar-refractivity contribution < 1.29 is 66.6 Å². The number of halogens is 3. The van der Waals surface area contributed by atoms with Crippen molar-refractivity contribution in [1.82, 2.24) is 19.8 Å². The van der Waals surface area contributed by atoms with Crippen LogP contribution >= 0.6 is 22.9 Å². The first-order valence-electron chi connectivity index (χ1n) is 22.6. The van der Waals surface area contributed by atoms with Crippen LogP contribution in [0.1, 0.15) is 106 Å². The summed E-state index contributed by atoms with van der Waals surface area (Å²) in [6.45, 7) is 19.6. The summed E-state index contributed by atoms with van der Waals surface area (Å²) in [5.41, 5.74) is -1.91. The van der Waals surface area contributed by atoms with E-state index in [1.807, 2.05) is 46.4 Å². The zero-order chi connectivity index (χ0) is 48.6. The summed E-state index contributed by atoms with van der Waals surface area (Å²) in [5.74, 6) is -1.35. The molecule has 3 atom stereocenters. The molecule has 4 aromatic rings. The van der Waals surface area contributed by atoms with E-state index in [2.05, 4.69) is 16.0 Å². The molecule has 2 bridgehead atoms. The normalized spacial score (nSPS) is 19.1. The van der Waals surface area contributed by atoms with Crippen molar-refractivity contribution in [3.05, 3.63) is 40.4 Å². The van der Waals surface area contributed by atoms with Gasteiger partial charge in [-0.1, -0.05) is 0 Å². The van der Waals surface area contributed by atoms with Crippen molar-refractivity contribution in [1.29, 1.82) is 5.26 Å². The second-order valence-corrected chi connectivity index (χ2v) is 24.7. The number of hydrogen-bond acceptors (Lipinski definition) is 14. The molecule has 2 unspecified atom stereocenters. The van der Waals surface area contributed by atoms with E-state index in [1.54, 1.807) is 31.7 Å². The summed E-state index contributed by atoms with van der Waals surface area (Å²) in [6, 6.07) is 5.94. The van der Waals surface area contributed by atoms with Gasteiger partial charge in [0.2, 0.25) is 0 Å². The number of aromatic nitrogens is 2. The van der Waals surface area contributed by atoms with Crippen molar-refractivity contribution in [3.8, 4) is 23.2 Å². The van der Waals surface area contributed by atoms with Crippen LogP contribution in [0.2, 0.25) is 5.02 Å². The van der Waals surface area contributed by atoms with Gasteiger partial charge in [0.15, 0.2) is 0 Å². The summed E-state index contributed by atoms with van der Waals surface area (Å²) in [6.07, 6.45) is 3.86. The standard InChI is InChI=1S/C43H50ClF2N6O6S.C5H9O2.Au/c1-42(2,3)57-33(53)14-18-55-17-8-16-50-15-7-9-28(50)23-56-40-48-37-30(39(49-40)51-21-26-10-11-27(22-51)52(26)41(54)58-43(4,5)6)19-31(44)35(36(37)46)29-12-13-32(45)38-34(29)25(20-47)24-59-38;1-5(2,3)7-4-6;/h12-13,19,26-28H,7-11,14-18,21-23H2,1-6H3;1-3H3;/t26?,27?,28-;;/m0../s1. The molecule has 67 heavy (non-hydrogen) atoms. The third-order valence-corrected chi connectivity index (χ3v) is 15.5. The van der Waals surface area contributed by atoms with E-state index in [0.717, 1.165) is 56.5 Å². The van der Waals surface area contributed by atoms with Crippen molar-refractivity contribution in [2.75, 3.05) is 50.9 Å². The van der Waals surface area contributed by atoms with Crippen LogP contribution in [0, 0.1) is 23.0 Å². The topological polar surface area (TPSA) is 157 Å². The predicted octanol–water partition coefficient (Wildman–Crippen LogP) is 9.53. The zero-order valence-electron chi connectivity index (χ0n) is 39.4. The summed E-state index contributed by atoms with van der Waals surface area (Å²) >= 11 is 6.66. The van der Waals surface area contributed by atoms with Gasteiger partial charge in [0.25, 0.3) is 0 Å². The van der Waals surface area contributed by atoms with Crippen molar-refractivity contribution in [3.63, 3.8) is 0 Å². The Kier molecular flexibility index (Phi) is 15.5. The van der Waals surface area contributed by atoms with E-state index in [0.29, 0.717) is 34.0 Å². The fraction of sp³-hybridized carbons (Fsp3) is 0.583. The number of piperazine rings is 1. The molecule has 3 fully saturated rings. The molecule has 19 heteroatoms. The maximum absolute atomic E-state index is 17.6. The molecule has 0 N–H and O–H groups in total. The van der Waals surface area contributed by atoms with Gasteiger partial charge in [0, 0.05) is 13.2 Å². The first kappa shape index (κ1) is 50.7. The van der Waals surface area contributed by atoms with Crippen LogP contribution in [-0.2, 0) is 43.5 Å². The number of ether oxygens (including phenoxy) is 5. The SMILES string of the molecule is CC(C)(C)OC(=O)CCOCCCN1CCC[C@H]1COc1nc(N2CC3CCC(C2)N3C(=O)OC(C)(C)C)c2cc(Cl)c(-c3ccc(F)c4s[c]([Au][C](=O)OC(C)(C)C)c(C#N)c34)c(F)c2n1. The number of hydrogen-bond donors (Lipinski definition) is 0. The quantitative estimate of drug-likeness (QED) is 0.0510. The van der Waals surface area contributed by atoms with Crippen molar-refractivity contribution in [2.45, 2.75) is 136 Å². The molecule has 2 aromatic heterocycles. The Labute approximate surface area is 408 Å². The van der Waals surface area contributed by atoms with Gasteiger partial charge in [0.05, 0.1) is 13.0 Å². The van der Waals surface area contributed by atoms with E-state index in [-0.39, 0.29) is 93.1 Å². The maximum atomic E-state index is 17.6. The third-order valence-electron chi connectivity index (χ3n) is 11.3. The molecule has 7 rings (SSSR count). The van der Waals surface area contributed by atoms with Gasteiger partial charge in [-0.2, -0.15) is 0 Å². The van der Waals surface area contributed by atoms with Crippen molar-refractivity contribution in [2.24, 2.45) is 0 Å². The number of rotatable bonds is 14. The molecular weight excluding hydrogens is 1090 g/mol. The molecular formula is C48H59AuClF2N6O8S. The predicted molar refractivity (Wildman–Crippen MR) is 249 cm³/mol. The molecule has 3 saturated heterocycles. The molecule has 1 amide bonds. The number of anilines is 1. The fourth-order valence-corrected chi connectivity index (χ4v) is 13.2. The van der Waals surface area contributed by atoms with E-state index in [1.165, 1.54) is 12.1 Å². The zero-order valence-corrected chi connectivity index (χ0v) is 43.2. The van der Waals surface area contributed by atoms with Gasteiger partial charge >= 0.3 is 260 Å². The Bertz CT molecular complexity index is 2560. The van der Waals surface area contributed by atoms with Crippen LogP contribution in [0.15, 0.2) is 18.2 Å². The van der Waals surface area contributed by atoms with Crippen LogP contribution in [0.25, 0.3) is 32.1 Å². The number of fused-ring (bicyclic) bond motifs is 4. The minimum absolute atomic E-state index is 0.0143. The minimum atomic E-state index is -1.39. The van der Waals surface area contributed by atoms with Gasteiger partial charge in [-0.15, -0.1) is 0 Å². The Morgan fingerprint density at radius 1 is 0.940 bits per heavy atom. The Hall–Kier alpha value is -4.15. The third kappa shape index (κ3) is 12.2. The summed E-state index contributed by atoms with van der Waals surface area (Å²) in [7, 11) is 0. The van der Waals surface area contributed by atoms with Gasteiger partial charge in [-0.05, 0) is 80.2 Å². The molecule has 0 aliphatic carbocycles. The molecule has 367 valence electrons. The van der Waals surface area contributed by atoms with Gasteiger partial charge < -0.3 is 14.2 Å². The number of carbonyl (C=O) groups excluding carboxylic acids is 3. The summed E-state index contributed by atoms with van der Waals surface area (Å²) in [5, 5.41) is 10.9. The van der Waals surface area contributed by atoms with Crippen LogP contribution < -0.4 is 12.7 Å². The first-order chi connectivity index (χ1) is 31.5. The average Bonchev–Trinajstić information content (AvgIpc) is 3.90. The van der Waals surface area contributed by atoms with Crippen LogP contribution in [0.5, 0.6) is 6.01 Å². The fourth-order valence-electron chi connectivity index (χ4n) is 8.74. The van der Waals surface area contributed by atoms with Crippen LogP contribution in [-0.4, -0.2) is 117 Å². The van der Waals surface area contributed by atoms with E-state index in [4.69, 9.17) is 40.3 Å². The number of esters is 1. The molecule has 0 radical (unpaired) electrons. The average molecular weight is 1150 g/mol. The molecule has 5 heterocycles.